The van der Waals surface area contributed by atoms with E-state index < -0.39 is 28.4 Å². The first kappa shape index (κ1) is 12.0. The Kier molecular flexibility index (Phi) is 2.32. The minimum atomic E-state index is -1.29. The molecule has 1 aromatic carbocycles. The molecule has 0 radical (unpaired) electrons. The number of benzene rings is 1. The number of carboxylic acids is 1. The standard InChI is InChI=1S/C13H14F2O2/c1-7-4-10(15)8(5-9(7)14)13(11(16)17)6-12(13,2)3/h4-5H,6H2,1-3H3,(H,16,17). The van der Waals surface area contributed by atoms with Crippen LogP contribution in [0.25, 0.3) is 0 Å². The van der Waals surface area contributed by atoms with E-state index in [-0.39, 0.29) is 11.1 Å². The minimum absolute atomic E-state index is 0.0434. The lowest BCUT2D eigenvalue weighted by molar-refractivity contribution is -0.141. The molecule has 1 aromatic rings. The highest BCUT2D eigenvalue weighted by Crippen LogP contribution is 2.64. The van der Waals surface area contributed by atoms with Gasteiger partial charge in [0.25, 0.3) is 0 Å². The van der Waals surface area contributed by atoms with E-state index in [9.17, 15) is 18.7 Å². The molecule has 1 saturated carbocycles. The highest BCUT2D eigenvalue weighted by molar-refractivity contribution is 5.87. The second-order valence-electron chi connectivity index (χ2n) is 5.35. The molecule has 4 heteroatoms. The maximum Gasteiger partial charge on any atom is 0.314 e. The molecule has 0 bridgehead atoms. The van der Waals surface area contributed by atoms with Gasteiger partial charge >= 0.3 is 5.97 Å². The summed E-state index contributed by atoms with van der Waals surface area (Å²) in [5, 5.41) is 9.29. The third-order valence-corrected chi connectivity index (χ3v) is 3.81. The Bertz CT molecular complexity index is 508. The molecule has 92 valence electrons. The van der Waals surface area contributed by atoms with Gasteiger partial charge in [-0.1, -0.05) is 13.8 Å². The first-order valence-corrected chi connectivity index (χ1v) is 5.42. The average Bonchev–Trinajstić information content (AvgIpc) is 2.77. The molecule has 2 nitrogen and oxygen atoms in total. The fraction of sp³-hybridized carbons (Fsp3) is 0.462. The van der Waals surface area contributed by atoms with E-state index >= 15 is 0 Å². The van der Waals surface area contributed by atoms with Gasteiger partial charge in [0.1, 0.15) is 17.0 Å². The molecule has 1 N–H and O–H groups in total. The molecular formula is C13H14F2O2. The molecule has 0 heterocycles. The van der Waals surface area contributed by atoms with Crippen LogP contribution in [-0.2, 0) is 10.2 Å². The number of carbonyl (C=O) groups is 1. The van der Waals surface area contributed by atoms with E-state index in [1.807, 2.05) is 0 Å². The van der Waals surface area contributed by atoms with E-state index in [2.05, 4.69) is 0 Å². The highest BCUT2D eigenvalue weighted by Gasteiger charge is 2.68. The van der Waals surface area contributed by atoms with Gasteiger partial charge in [-0.05, 0) is 36.5 Å². The van der Waals surface area contributed by atoms with Crippen LogP contribution in [0.1, 0.15) is 31.4 Å². The van der Waals surface area contributed by atoms with Crippen molar-refractivity contribution in [2.24, 2.45) is 5.41 Å². The van der Waals surface area contributed by atoms with Crippen LogP contribution < -0.4 is 0 Å². The van der Waals surface area contributed by atoms with Gasteiger partial charge < -0.3 is 5.11 Å². The smallest absolute Gasteiger partial charge is 0.314 e. The highest BCUT2D eigenvalue weighted by atomic mass is 19.1. The number of halogens is 2. The van der Waals surface area contributed by atoms with E-state index in [1.54, 1.807) is 13.8 Å². The predicted octanol–water partition coefficient (Wildman–Crippen LogP) is 3.03. The summed E-state index contributed by atoms with van der Waals surface area (Å²) in [6.07, 6.45) is 0.328. The molecule has 0 spiro atoms. The summed E-state index contributed by atoms with van der Waals surface area (Å²) in [5.41, 5.74) is -1.68. The normalized spacial score (nSPS) is 25.7. The number of carboxylic acid groups (broad SMARTS) is 1. The van der Waals surface area contributed by atoms with E-state index in [0.717, 1.165) is 12.1 Å². The van der Waals surface area contributed by atoms with Crippen LogP contribution in [0.5, 0.6) is 0 Å². The molecule has 1 unspecified atom stereocenters. The molecule has 0 amide bonds. The van der Waals surface area contributed by atoms with Crippen molar-refractivity contribution in [2.45, 2.75) is 32.6 Å². The Labute approximate surface area is 98.3 Å². The monoisotopic (exact) mass is 240 g/mol. The fourth-order valence-electron chi connectivity index (χ4n) is 2.53. The zero-order valence-electron chi connectivity index (χ0n) is 9.97. The van der Waals surface area contributed by atoms with Gasteiger partial charge in [0, 0.05) is 5.56 Å². The first-order chi connectivity index (χ1) is 7.72. The maximum absolute atomic E-state index is 13.8. The van der Waals surface area contributed by atoms with Crippen LogP contribution >= 0.6 is 0 Å². The third kappa shape index (κ3) is 1.47. The number of aryl methyl sites for hydroxylation is 1. The van der Waals surface area contributed by atoms with Gasteiger partial charge in [0.05, 0.1) is 0 Å². The molecule has 1 atom stereocenters. The molecule has 0 saturated heterocycles. The van der Waals surface area contributed by atoms with Crippen LogP contribution in [-0.4, -0.2) is 11.1 Å². The van der Waals surface area contributed by atoms with Gasteiger partial charge in [-0.2, -0.15) is 0 Å². The molecule has 17 heavy (non-hydrogen) atoms. The zero-order chi connectivity index (χ0) is 13.0. The van der Waals surface area contributed by atoms with Gasteiger partial charge in [0.15, 0.2) is 0 Å². The maximum atomic E-state index is 13.8. The number of hydrogen-bond donors (Lipinski definition) is 1. The summed E-state index contributed by atoms with van der Waals surface area (Å²) in [4.78, 5) is 11.4. The lowest BCUT2D eigenvalue weighted by Crippen LogP contribution is -2.27. The van der Waals surface area contributed by atoms with E-state index in [0.29, 0.717) is 6.42 Å². The van der Waals surface area contributed by atoms with Crippen molar-refractivity contribution in [3.8, 4) is 0 Å². The molecule has 0 aromatic heterocycles. The lowest BCUT2D eigenvalue weighted by atomic mass is 9.87. The van der Waals surface area contributed by atoms with Gasteiger partial charge in [-0.3, -0.25) is 4.79 Å². The van der Waals surface area contributed by atoms with Crippen molar-refractivity contribution in [3.05, 3.63) is 34.9 Å². The summed E-state index contributed by atoms with van der Waals surface area (Å²) in [7, 11) is 0. The van der Waals surface area contributed by atoms with Crippen molar-refractivity contribution < 1.29 is 18.7 Å². The molecule has 1 fully saturated rings. The van der Waals surface area contributed by atoms with Gasteiger partial charge in [0.2, 0.25) is 0 Å². The second kappa shape index (κ2) is 3.28. The minimum Gasteiger partial charge on any atom is -0.481 e. The van der Waals surface area contributed by atoms with Crippen molar-refractivity contribution in [1.29, 1.82) is 0 Å². The molecular weight excluding hydrogens is 226 g/mol. The Balaban J connectivity index is 2.62. The quantitative estimate of drug-likeness (QED) is 0.862. The summed E-state index contributed by atoms with van der Waals surface area (Å²) in [5.74, 6) is -2.30. The number of rotatable bonds is 2. The zero-order valence-corrected chi connectivity index (χ0v) is 9.97. The Morgan fingerprint density at radius 2 is 1.82 bits per heavy atom. The van der Waals surface area contributed by atoms with Crippen LogP contribution in [0.2, 0.25) is 0 Å². The van der Waals surface area contributed by atoms with Gasteiger partial charge in [-0.15, -0.1) is 0 Å². The van der Waals surface area contributed by atoms with Crippen LogP contribution in [0.3, 0.4) is 0 Å². The number of hydrogen-bond acceptors (Lipinski definition) is 1. The van der Waals surface area contributed by atoms with Gasteiger partial charge in [-0.25, -0.2) is 8.78 Å². The second-order valence-corrected chi connectivity index (χ2v) is 5.35. The summed E-state index contributed by atoms with van der Waals surface area (Å²) >= 11 is 0. The molecule has 1 aliphatic rings. The Hall–Kier alpha value is -1.45. The molecule has 0 aliphatic heterocycles. The topological polar surface area (TPSA) is 37.3 Å². The van der Waals surface area contributed by atoms with E-state index in [1.165, 1.54) is 6.92 Å². The third-order valence-electron chi connectivity index (χ3n) is 3.81. The Morgan fingerprint density at radius 3 is 2.24 bits per heavy atom. The largest absolute Gasteiger partial charge is 0.481 e. The summed E-state index contributed by atoms with van der Waals surface area (Å²) in [6.45, 7) is 4.95. The summed E-state index contributed by atoms with van der Waals surface area (Å²) < 4.78 is 27.3. The first-order valence-electron chi connectivity index (χ1n) is 5.42. The van der Waals surface area contributed by atoms with Crippen molar-refractivity contribution in [2.75, 3.05) is 0 Å². The number of aliphatic carboxylic acids is 1. The van der Waals surface area contributed by atoms with Crippen LogP contribution in [0.4, 0.5) is 8.78 Å². The van der Waals surface area contributed by atoms with Crippen LogP contribution in [0, 0.1) is 24.0 Å². The van der Waals surface area contributed by atoms with Crippen molar-refractivity contribution >= 4 is 5.97 Å². The Morgan fingerprint density at radius 1 is 1.29 bits per heavy atom. The lowest BCUT2D eigenvalue weighted by Gasteiger charge is -2.17. The molecule has 2 rings (SSSR count). The fourth-order valence-corrected chi connectivity index (χ4v) is 2.53. The predicted molar refractivity (Wildman–Crippen MR) is 58.8 cm³/mol. The van der Waals surface area contributed by atoms with E-state index in [4.69, 9.17) is 0 Å². The van der Waals surface area contributed by atoms with Crippen molar-refractivity contribution in [1.82, 2.24) is 0 Å². The molecule has 1 aliphatic carbocycles. The van der Waals surface area contributed by atoms with Crippen molar-refractivity contribution in [3.63, 3.8) is 0 Å². The summed E-state index contributed by atoms with van der Waals surface area (Å²) in [6, 6.07) is 2.08. The average molecular weight is 240 g/mol. The SMILES string of the molecule is Cc1cc(F)c(C2(C(=O)O)CC2(C)C)cc1F. The van der Waals surface area contributed by atoms with Crippen LogP contribution in [0.15, 0.2) is 12.1 Å².